The summed E-state index contributed by atoms with van der Waals surface area (Å²) >= 11 is 0. The molecule has 96 valence electrons. The van der Waals surface area contributed by atoms with Gasteiger partial charge in [0.1, 0.15) is 5.78 Å². The molecule has 4 heteroatoms. The molecule has 0 aromatic heterocycles. The van der Waals surface area contributed by atoms with Crippen molar-refractivity contribution in [3.8, 4) is 0 Å². The molecule has 0 aliphatic heterocycles. The maximum atomic E-state index is 10.4. The van der Waals surface area contributed by atoms with E-state index in [1.54, 1.807) is 6.92 Å². The van der Waals surface area contributed by atoms with E-state index >= 15 is 0 Å². The lowest BCUT2D eigenvalue weighted by Crippen LogP contribution is -2.34. The summed E-state index contributed by atoms with van der Waals surface area (Å²) < 4.78 is 0. The predicted molar refractivity (Wildman–Crippen MR) is 60.7 cm³/mol. The van der Waals surface area contributed by atoms with Gasteiger partial charge in [0.15, 0.2) is 0 Å². The number of hydrogen-bond donors (Lipinski definition) is 1. The molecule has 4 nitrogen and oxygen atoms in total. The van der Waals surface area contributed by atoms with Crippen LogP contribution in [-0.2, 0) is 9.59 Å². The van der Waals surface area contributed by atoms with E-state index in [2.05, 4.69) is 6.92 Å². The van der Waals surface area contributed by atoms with Gasteiger partial charge in [0, 0.05) is 6.61 Å². The van der Waals surface area contributed by atoms with Gasteiger partial charge >= 0.3 is 0 Å². The van der Waals surface area contributed by atoms with Crippen LogP contribution < -0.4 is 5.11 Å². The van der Waals surface area contributed by atoms with Crippen LogP contribution in [0.15, 0.2) is 0 Å². The molecule has 16 heavy (non-hydrogen) atoms. The van der Waals surface area contributed by atoms with E-state index in [0.717, 1.165) is 6.42 Å². The molecule has 0 aliphatic rings. The van der Waals surface area contributed by atoms with Gasteiger partial charge in [-0.25, -0.2) is 0 Å². The molecule has 0 aromatic rings. The normalized spacial score (nSPS) is 11.2. The van der Waals surface area contributed by atoms with Crippen molar-refractivity contribution in [2.75, 3.05) is 6.61 Å². The number of rotatable bonds is 7. The lowest BCUT2D eigenvalue weighted by molar-refractivity contribution is -0.309. The number of carboxylic acids is 1. The van der Waals surface area contributed by atoms with Crippen molar-refractivity contribution in [2.24, 2.45) is 5.92 Å². The third kappa shape index (κ3) is 11.2. The van der Waals surface area contributed by atoms with Gasteiger partial charge in [0.05, 0.1) is 11.9 Å². The fourth-order valence-corrected chi connectivity index (χ4v) is 1.16. The van der Waals surface area contributed by atoms with E-state index in [-0.39, 0.29) is 5.78 Å². The van der Waals surface area contributed by atoms with Crippen molar-refractivity contribution in [3.63, 3.8) is 0 Å². The van der Waals surface area contributed by atoms with E-state index in [0.29, 0.717) is 13.0 Å². The molecule has 0 spiro atoms. The zero-order valence-electron chi connectivity index (χ0n) is 10.5. The van der Waals surface area contributed by atoms with Crippen molar-refractivity contribution >= 4 is 11.8 Å². The molecule has 0 rings (SSSR count). The Morgan fingerprint density at radius 3 is 1.94 bits per heavy atom. The summed E-state index contributed by atoms with van der Waals surface area (Å²) in [7, 11) is 0. The summed E-state index contributed by atoms with van der Waals surface area (Å²) in [6.45, 7) is 5.42. The molecule has 0 saturated carbocycles. The van der Waals surface area contributed by atoms with Crippen LogP contribution in [0.5, 0.6) is 0 Å². The molecule has 1 atom stereocenters. The molecular formula is C12H23O4-. The molecule has 0 radical (unpaired) electrons. The SMILES string of the molecule is CCC(C(C)=O)C(=O)[O-].CCCCCCO. The standard InChI is InChI=1S/C6H10O3.C6H14O/c1-3-5(4(2)7)6(8)9;1-2-3-4-5-6-7/h5H,3H2,1-2H3,(H,8,9);7H,2-6H2,1H3/p-1. The quantitative estimate of drug-likeness (QED) is 0.522. The average molecular weight is 231 g/mol. The first kappa shape index (κ1) is 17.5. The maximum absolute atomic E-state index is 10.4. The minimum Gasteiger partial charge on any atom is -0.549 e. The largest absolute Gasteiger partial charge is 0.549 e. The fraction of sp³-hybridized carbons (Fsp3) is 0.833. The minimum atomic E-state index is -1.27. The highest BCUT2D eigenvalue weighted by Crippen LogP contribution is 2.00. The first-order valence-electron chi connectivity index (χ1n) is 5.83. The van der Waals surface area contributed by atoms with E-state index in [1.165, 1.54) is 26.2 Å². The van der Waals surface area contributed by atoms with Crippen LogP contribution in [0.25, 0.3) is 0 Å². The van der Waals surface area contributed by atoms with Gasteiger partial charge in [0.2, 0.25) is 0 Å². The first-order chi connectivity index (χ1) is 7.51. The molecule has 0 aromatic carbocycles. The number of aliphatic hydroxyl groups excluding tert-OH is 1. The number of ketones is 1. The van der Waals surface area contributed by atoms with Crippen LogP contribution >= 0.6 is 0 Å². The Labute approximate surface area is 97.7 Å². The number of aliphatic carboxylic acids is 1. The lowest BCUT2D eigenvalue weighted by atomic mass is 10.0. The Morgan fingerprint density at radius 2 is 1.75 bits per heavy atom. The Hall–Kier alpha value is -0.900. The molecular weight excluding hydrogens is 208 g/mol. The van der Waals surface area contributed by atoms with Crippen LogP contribution in [0.2, 0.25) is 0 Å². The maximum Gasteiger partial charge on any atom is 0.138 e. The Morgan fingerprint density at radius 1 is 1.19 bits per heavy atom. The Bertz CT molecular complexity index is 171. The van der Waals surface area contributed by atoms with E-state index in [4.69, 9.17) is 5.11 Å². The molecule has 0 saturated heterocycles. The Balaban J connectivity index is 0. The van der Waals surface area contributed by atoms with Crippen molar-refractivity contribution < 1.29 is 19.8 Å². The molecule has 0 heterocycles. The number of unbranched alkanes of at least 4 members (excludes halogenated alkanes) is 3. The second-order valence-corrected chi connectivity index (χ2v) is 3.67. The Kier molecular flexibility index (Phi) is 13.3. The summed E-state index contributed by atoms with van der Waals surface area (Å²) in [4.78, 5) is 20.4. The highest BCUT2D eigenvalue weighted by Gasteiger charge is 2.11. The summed E-state index contributed by atoms with van der Waals surface area (Å²) in [6, 6.07) is 0. The van der Waals surface area contributed by atoms with Crippen LogP contribution in [0.3, 0.4) is 0 Å². The smallest absolute Gasteiger partial charge is 0.138 e. The van der Waals surface area contributed by atoms with E-state index in [9.17, 15) is 14.7 Å². The third-order valence-electron chi connectivity index (χ3n) is 2.20. The van der Waals surface area contributed by atoms with Gasteiger partial charge < -0.3 is 15.0 Å². The van der Waals surface area contributed by atoms with Gasteiger partial charge in [-0.15, -0.1) is 0 Å². The number of carbonyl (C=O) groups is 2. The van der Waals surface area contributed by atoms with Crippen LogP contribution in [0.1, 0.15) is 52.9 Å². The number of carbonyl (C=O) groups excluding carboxylic acids is 2. The molecule has 0 bridgehead atoms. The van der Waals surface area contributed by atoms with Crippen LogP contribution in [-0.4, -0.2) is 23.5 Å². The first-order valence-corrected chi connectivity index (χ1v) is 5.83. The van der Waals surface area contributed by atoms with Crippen LogP contribution in [0, 0.1) is 5.92 Å². The highest BCUT2D eigenvalue weighted by molar-refractivity contribution is 5.95. The van der Waals surface area contributed by atoms with Gasteiger partial charge in [-0.3, -0.25) is 4.79 Å². The topological polar surface area (TPSA) is 77.4 Å². The molecule has 1 unspecified atom stereocenters. The third-order valence-corrected chi connectivity index (χ3v) is 2.20. The number of carboxylic acid groups (broad SMARTS) is 1. The average Bonchev–Trinajstić information content (AvgIpc) is 2.19. The van der Waals surface area contributed by atoms with Crippen molar-refractivity contribution in [3.05, 3.63) is 0 Å². The van der Waals surface area contributed by atoms with Gasteiger partial charge in [-0.05, 0) is 19.8 Å². The van der Waals surface area contributed by atoms with Crippen molar-refractivity contribution in [2.45, 2.75) is 52.9 Å². The predicted octanol–water partition coefficient (Wildman–Crippen LogP) is 0.910. The minimum absolute atomic E-state index is 0.317. The fourth-order valence-electron chi connectivity index (χ4n) is 1.16. The highest BCUT2D eigenvalue weighted by atomic mass is 16.4. The van der Waals surface area contributed by atoms with Gasteiger partial charge in [0.25, 0.3) is 0 Å². The van der Waals surface area contributed by atoms with E-state index < -0.39 is 11.9 Å². The molecule has 0 amide bonds. The number of aliphatic hydroxyl groups is 1. The van der Waals surface area contributed by atoms with Crippen molar-refractivity contribution in [1.82, 2.24) is 0 Å². The van der Waals surface area contributed by atoms with E-state index in [1.807, 2.05) is 0 Å². The van der Waals surface area contributed by atoms with Gasteiger partial charge in [-0.2, -0.15) is 0 Å². The lowest BCUT2D eigenvalue weighted by Gasteiger charge is -2.10. The molecule has 0 aliphatic carbocycles. The summed E-state index contributed by atoms with van der Waals surface area (Å²) in [5.74, 6) is -2.52. The summed E-state index contributed by atoms with van der Waals surface area (Å²) in [6.07, 6.45) is 5.00. The van der Waals surface area contributed by atoms with Crippen LogP contribution in [0.4, 0.5) is 0 Å². The summed E-state index contributed by atoms with van der Waals surface area (Å²) in [5, 5.41) is 18.3. The number of Topliss-reactive ketones (excluding diaryl/α,β-unsaturated/α-hetero) is 1. The zero-order valence-corrected chi connectivity index (χ0v) is 10.5. The monoisotopic (exact) mass is 231 g/mol. The number of hydrogen-bond acceptors (Lipinski definition) is 4. The second-order valence-electron chi connectivity index (χ2n) is 3.67. The summed E-state index contributed by atoms with van der Waals surface area (Å²) in [5.41, 5.74) is 0. The molecule has 1 N–H and O–H groups in total. The molecule has 0 fully saturated rings. The van der Waals surface area contributed by atoms with Crippen molar-refractivity contribution in [1.29, 1.82) is 0 Å². The second kappa shape index (κ2) is 12.2. The zero-order chi connectivity index (χ0) is 13.0. The van der Waals surface area contributed by atoms with Gasteiger partial charge in [-0.1, -0.05) is 33.1 Å².